The molecular formula is C48H47N5. The van der Waals surface area contributed by atoms with Crippen molar-refractivity contribution in [3.8, 4) is 22.8 Å². The molecule has 9 rings (SSSR count). The molecule has 0 saturated heterocycles. The molecule has 264 valence electrons. The van der Waals surface area contributed by atoms with Crippen molar-refractivity contribution in [2.24, 2.45) is 0 Å². The van der Waals surface area contributed by atoms with Gasteiger partial charge in [-0.05, 0) is 116 Å². The summed E-state index contributed by atoms with van der Waals surface area (Å²) < 4.78 is 0. The third kappa shape index (κ3) is 5.31. The molecule has 0 amide bonds. The van der Waals surface area contributed by atoms with Gasteiger partial charge in [-0.3, -0.25) is 4.90 Å². The Kier molecular flexibility index (Phi) is 8.07. The maximum Gasteiger partial charge on any atom is 0.234 e. The van der Waals surface area contributed by atoms with Gasteiger partial charge >= 0.3 is 0 Å². The second kappa shape index (κ2) is 12.8. The van der Waals surface area contributed by atoms with Gasteiger partial charge in [-0.25, -0.2) is 4.98 Å². The zero-order valence-electron chi connectivity index (χ0n) is 31.7. The van der Waals surface area contributed by atoms with Gasteiger partial charge < -0.3 is 4.90 Å². The molecule has 5 nitrogen and oxygen atoms in total. The highest BCUT2D eigenvalue weighted by molar-refractivity contribution is 6.13. The Bertz CT molecular complexity index is 2480. The number of aromatic nitrogens is 3. The number of benzene rings is 5. The molecule has 3 aliphatic rings. The van der Waals surface area contributed by atoms with Gasteiger partial charge in [-0.15, -0.1) is 0 Å². The molecular weight excluding hydrogens is 647 g/mol. The van der Waals surface area contributed by atoms with Gasteiger partial charge in [-0.2, -0.15) is 9.97 Å². The van der Waals surface area contributed by atoms with E-state index in [0.29, 0.717) is 23.5 Å². The van der Waals surface area contributed by atoms with Crippen molar-refractivity contribution >= 4 is 45.9 Å². The highest BCUT2D eigenvalue weighted by Crippen LogP contribution is 2.59. The Morgan fingerprint density at radius 3 is 2.40 bits per heavy atom. The lowest BCUT2D eigenvalue weighted by Crippen LogP contribution is -2.39. The molecule has 3 heterocycles. The van der Waals surface area contributed by atoms with E-state index >= 15 is 0 Å². The standard InChI is InChI=1S/C48H47N5/c1-7-9-15-35-27-37(20-19-30(35)3)46-49-45(36-22-21-33(14-8-2)31(4)26-36)50-47(51-46)53-41-28-40-32(5)29-52(38-17-11-10-12-18-38)44(40)39-24-23-34-16-13-25-48(53,6)43(34)42(39)41/h8,10-14,16-24,26-28,32H,7,9,15,25,29H2,1-6H3/b14-8-. The second-order valence-electron chi connectivity index (χ2n) is 15.4. The minimum atomic E-state index is -0.372. The first kappa shape index (κ1) is 33.3. The lowest BCUT2D eigenvalue weighted by molar-refractivity contribution is 0.492. The molecule has 2 atom stereocenters. The third-order valence-electron chi connectivity index (χ3n) is 11.8. The molecule has 2 aliphatic heterocycles. The molecule has 1 aliphatic carbocycles. The zero-order valence-corrected chi connectivity index (χ0v) is 31.7. The fraction of sp³-hybridized carbons (Fsp3) is 0.271. The molecule has 0 N–H and O–H groups in total. The summed E-state index contributed by atoms with van der Waals surface area (Å²) in [5.74, 6) is 2.47. The molecule has 1 aromatic heterocycles. The van der Waals surface area contributed by atoms with E-state index in [9.17, 15) is 0 Å². The van der Waals surface area contributed by atoms with Crippen molar-refractivity contribution in [2.75, 3.05) is 16.3 Å². The number of anilines is 4. The Morgan fingerprint density at radius 1 is 0.868 bits per heavy atom. The average Bonchev–Trinajstić information content (AvgIpc) is 3.65. The van der Waals surface area contributed by atoms with Crippen molar-refractivity contribution in [2.45, 2.75) is 78.7 Å². The summed E-state index contributed by atoms with van der Waals surface area (Å²) in [5.41, 5.74) is 14.5. The van der Waals surface area contributed by atoms with E-state index in [4.69, 9.17) is 15.0 Å². The smallest absolute Gasteiger partial charge is 0.234 e. The van der Waals surface area contributed by atoms with Gasteiger partial charge in [0.2, 0.25) is 5.95 Å². The van der Waals surface area contributed by atoms with Crippen LogP contribution in [0.5, 0.6) is 0 Å². The number of hydrogen-bond donors (Lipinski definition) is 0. The molecule has 2 unspecified atom stereocenters. The normalized spacial score (nSPS) is 18.5. The summed E-state index contributed by atoms with van der Waals surface area (Å²) >= 11 is 0. The van der Waals surface area contributed by atoms with E-state index in [-0.39, 0.29) is 5.54 Å². The van der Waals surface area contributed by atoms with Crippen LogP contribution in [0.4, 0.5) is 23.0 Å². The predicted octanol–water partition coefficient (Wildman–Crippen LogP) is 12.4. The number of unbranched alkanes of at least 4 members (excludes halogenated alkanes) is 1. The second-order valence-corrected chi connectivity index (χ2v) is 15.4. The third-order valence-corrected chi connectivity index (χ3v) is 11.8. The quantitative estimate of drug-likeness (QED) is 0.159. The van der Waals surface area contributed by atoms with Gasteiger partial charge in [0, 0.05) is 40.0 Å². The molecule has 0 fully saturated rings. The largest absolute Gasteiger partial charge is 0.340 e. The first-order valence-corrected chi connectivity index (χ1v) is 19.3. The summed E-state index contributed by atoms with van der Waals surface area (Å²) in [6.45, 7) is 14.4. The Balaban J connectivity index is 1.29. The minimum absolute atomic E-state index is 0.364. The summed E-state index contributed by atoms with van der Waals surface area (Å²) in [7, 11) is 0. The van der Waals surface area contributed by atoms with E-state index in [2.05, 4.69) is 161 Å². The van der Waals surface area contributed by atoms with Crippen LogP contribution in [-0.2, 0) is 12.0 Å². The number of para-hydroxylation sites is 1. The van der Waals surface area contributed by atoms with Gasteiger partial charge in [0.1, 0.15) is 0 Å². The molecule has 0 bridgehead atoms. The topological polar surface area (TPSA) is 45.2 Å². The van der Waals surface area contributed by atoms with Crippen LogP contribution in [0.3, 0.4) is 0 Å². The summed E-state index contributed by atoms with van der Waals surface area (Å²) in [6.07, 6.45) is 13.1. The Morgan fingerprint density at radius 2 is 1.64 bits per heavy atom. The van der Waals surface area contributed by atoms with Crippen LogP contribution >= 0.6 is 0 Å². The molecule has 0 saturated carbocycles. The van der Waals surface area contributed by atoms with Crippen LogP contribution in [0.25, 0.3) is 45.7 Å². The number of fused-ring (bicyclic) bond motifs is 2. The number of rotatable bonds is 8. The van der Waals surface area contributed by atoms with Crippen LogP contribution in [-0.4, -0.2) is 21.5 Å². The van der Waals surface area contributed by atoms with E-state index in [1.165, 1.54) is 66.8 Å². The van der Waals surface area contributed by atoms with E-state index < -0.39 is 0 Å². The van der Waals surface area contributed by atoms with Crippen LogP contribution in [0, 0.1) is 13.8 Å². The first-order chi connectivity index (χ1) is 25.8. The Hall–Kier alpha value is -5.55. The van der Waals surface area contributed by atoms with Crippen LogP contribution in [0.1, 0.15) is 91.8 Å². The highest BCUT2D eigenvalue weighted by atomic mass is 15.3. The van der Waals surface area contributed by atoms with Gasteiger partial charge in [0.05, 0.1) is 16.9 Å². The summed E-state index contributed by atoms with van der Waals surface area (Å²) in [5, 5.41) is 2.62. The maximum absolute atomic E-state index is 5.43. The molecule has 5 aromatic carbocycles. The average molecular weight is 694 g/mol. The van der Waals surface area contributed by atoms with Crippen molar-refractivity contribution in [3.05, 3.63) is 136 Å². The fourth-order valence-electron chi connectivity index (χ4n) is 9.07. The number of allylic oxidation sites excluding steroid dienone is 1. The van der Waals surface area contributed by atoms with Crippen molar-refractivity contribution in [3.63, 3.8) is 0 Å². The molecule has 5 heteroatoms. The zero-order chi connectivity index (χ0) is 36.4. The van der Waals surface area contributed by atoms with Crippen LogP contribution in [0.2, 0.25) is 0 Å². The minimum Gasteiger partial charge on any atom is -0.340 e. The summed E-state index contributed by atoms with van der Waals surface area (Å²) in [4.78, 5) is 21.1. The molecule has 53 heavy (non-hydrogen) atoms. The lowest BCUT2D eigenvalue weighted by atomic mass is 9.80. The van der Waals surface area contributed by atoms with Crippen molar-refractivity contribution in [1.82, 2.24) is 15.0 Å². The molecule has 0 spiro atoms. The number of nitrogens with zero attached hydrogens (tertiary/aromatic N) is 5. The fourth-order valence-corrected chi connectivity index (χ4v) is 9.07. The van der Waals surface area contributed by atoms with E-state index in [1.807, 2.05) is 0 Å². The lowest BCUT2D eigenvalue weighted by Gasteiger charge is -2.38. The summed E-state index contributed by atoms with van der Waals surface area (Å²) in [6, 6.07) is 31.3. The van der Waals surface area contributed by atoms with Crippen LogP contribution in [0.15, 0.2) is 97.1 Å². The van der Waals surface area contributed by atoms with E-state index in [0.717, 1.165) is 43.4 Å². The monoisotopic (exact) mass is 693 g/mol. The SMILES string of the molecule is C/C=C\c1ccc(-c2nc(-c3ccc(C)c(CCCC)c3)nc(N3c4cc5c(c6ccc7c(c46)C3(C)CC=C7)N(c3ccccc3)CC5C)n2)cc1C. The Labute approximate surface area is 313 Å². The van der Waals surface area contributed by atoms with Gasteiger partial charge in [0.25, 0.3) is 0 Å². The molecule has 6 aromatic rings. The maximum atomic E-state index is 5.43. The first-order valence-electron chi connectivity index (χ1n) is 19.3. The highest BCUT2D eigenvalue weighted by Gasteiger charge is 2.48. The van der Waals surface area contributed by atoms with Gasteiger partial charge in [0.15, 0.2) is 11.6 Å². The molecule has 0 radical (unpaired) electrons. The number of aryl methyl sites for hydroxylation is 3. The predicted molar refractivity (Wildman–Crippen MR) is 222 cm³/mol. The van der Waals surface area contributed by atoms with Gasteiger partial charge in [-0.1, -0.05) is 99.2 Å². The van der Waals surface area contributed by atoms with E-state index in [1.54, 1.807) is 0 Å². The number of hydrogen-bond acceptors (Lipinski definition) is 5. The van der Waals surface area contributed by atoms with Crippen LogP contribution < -0.4 is 9.80 Å². The van der Waals surface area contributed by atoms with Crippen molar-refractivity contribution < 1.29 is 0 Å². The van der Waals surface area contributed by atoms with Crippen molar-refractivity contribution in [1.29, 1.82) is 0 Å².